The molecule has 0 aromatic heterocycles. The van der Waals surface area contributed by atoms with E-state index in [2.05, 4.69) is 6.58 Å². The van der Waals surface area contributed by atoms with Gasteiger partial charge in [0.2, 0.25) is 0 Å². The van der Waals surface area contributed by atoms with Crippen molar-refractivity contribution < 1.29 is 14.4 Å². The SMILES string of the molecule is C=CCN1C(=O)N(C)C(=O)C(CC)(c2ccccc2)C1=O. The van der Waals surface area contributed by atoms with E-state index >= 15 is 0 Å². The van der Waals surface area contributed by atoms with Crippen molar-refractivity contribution in [2.75, 3.05) is 13.6 Å². The number of likely N-dealkylation sites (N-methyl/N-ethyl adjacent to an activating group) is 1. The van der Waals surface area contributed by atoms with Crippen LogP contribution in [-0.4, -0.2) is 41.2 Å². The molecule has 5 heteroatoms. The molecule has 110 valence electrons. The summed E-state index contributed by atoms with van der Waals surface area (Å²) in [7, 11) is 1.40. The second kappa shape index (κ2) is 5.52. The summed E-state index contributed by atoms with van der Waals surface area (Å²) in [4.78, 5) is 39.7. The molecule has 0 aliphatic carbocycles. The van der Waals surface area contributed by atoms with Crippen LogP contribution in [0.4, 0.5) is 4.79 Å². The molecule has 21 heavy (non-hydrogen) atoms. The molecule has 1 fully saturated rings. The van der Waals surface area contributed by atoms with Gasteiger partial charge in [0.1, 0.15) is 0 Å². The van der Waals surface area contributed by atoms with Crippen LogP contribution in [0.5, 0.6) is 0 Å². The van der Waals surface area contributed by atoms with Crippen LogP contribution in [0.25, 0.3) is 0 Å². The summed E-state index contributed by atoms with van der Waals surface area (Å²) in [6.07, 6.45) is 1.77. The van der Waals surface area contributed by atoms with Crippen LogP contribution in [0.1, 0.15) is 18.9 Å². The van der Waals surface area contributed by atoms with Gasteiger partial charge in [0.05, 0.1) is 0 Å². The molecule has 0 spiro atoms. The maximum absolute atomic E-state index is 12.8. The number of barbiturate groups is 1. The first kappa shape index (κ1) is 15.0. The average molecular weight is 286 g/mol. The average Bonchev–Trinajstić information content (AvgIpc) is 2.52. The lowest BCUT2D eigenvalue weighted by Gasteiger charge is -2.42. The normalized spacial score (nSPS) is 22.7. The van der Waals surface area contributed by atoms with Crippen molar-refractivity contribution in [1.82, 2.24) is 9.80 Å². The molecule has 1 unspecified atom stereocenters. The molecule has 0 bridgehead atoms. The first-order valence-corrected chi connectivity index (χ1v) is 6.81. The van der Waals surface area contributed by atoms with Crippen LogP contribution in [0.15, 0.2) is 43.0 Å². The molecular weight excluding hydrogens is 268 g/mol. The number of nitrogens with zero attached hydrogens (tertiary/aromatic N) is 2. The van der Waals surface area contributed by atoms with Gasteiger partial charge in [0.15, 0.2) is 5.41 Å². The second-order valence-corrected chi connectivity index (χ2v) is 4.98. The molecule has 1 aromatic carbocycles. The van der Waals surface area contributed by atoms with Gasteiger partial charge in [-0.2, -0.15) is 0 Å². The molecule has 1 aliphatic heterocycles. The van der Waals surface area contributed by atoms with Crippen LogP contribution >= 0.6 is 0 Å². The number of hydrogen-bond acceptors (Lipinski definition) is 3. The smallest absolute Gasteiger partial charge is 0.273 e. The van der Waals surface area contributed by atoms with Crippen molar-refractivity contribution >= 4 is 17.8 Å². The summed E-state index contributed by atoms with van der Waals surface area (Å²) in [6.45, 7) is 5.43. The zero-order valence-electron chi connectivity index (χ0n) is 12.2. The maximum Gasteiger partial charge on any atom is 0.333 e. The number of rotatable bonds is 4. The molecule has 5 nitrogen and oxygen atoms in total. The van der Waals surface area contributed by atoms with Crippen LogP contribution in [0.2, 0.25) is 0 Å². The Kier molecular flexibility index (Phi) is 3.93. The van der Waals surface area contributed by atoms with E-state index in [9.17, 15) is 14.4 Å². The van der Waals surface area contributed by atoms with Crippen molar-refractivity contribution in [3.8, 4) is 0 Å². The van der Waals surface area contributed by atoms with E-state index in [1.54, 1.807) is 31.2 Å². The Morgan fingerprint density at radius 2 is 1.76 bits per heavy atom. The third-order valence-corrected chi connectivity index (χ3v) is 3.91. The molecular formula is C16H18N2O3. The van der Waals surface area contributed by atoms with Gasteiger partial charge in [-0.25, -0.2) is 4.79 Å². The standard InChI is InChI=1S/C16H18N2O3/c1-4-11-18-14(20)16(5-2,12-9-7-6-8-10-12)13(19)17(3)15(18)21/h4,6-10H,1,5,11H2,2-3H3. The minimum atomic E-state index is -1.34. The van der Waals surface area contributed by atoms with E-state index in [1.165, 1.54) is 13.1 Å². The minimum absolute atomic E-state index is 0.0872. The Morgan fingerprint density at radius 1 is 1.14 bits per heavy atom. The number of benzene rings is 1. The molecule has 0 saturated carbocycles. The summed E-state index contributed by atoms with van der Waals surface area (Å²) < 4.78 is 0. The van der Waals surface area contributed by atoms with Crippen molar-refractivity contribution in [1.29, 1.82) is 0 Å². The Bertz CT molecular complexity index is 597. The first-order chi connectivity index (χ1) is 10.0. The van der Waals surface area contributed by atoms with Crippen molar-refractivity contribution in [2.24, 2.45) is 0 Å². The van der Waals surface area contributed by atoms with Crippen molar-refractivity contribution in [3.63, 3.8) is 0 Å². The third-order valence-electron chi connectivity index (χ3n) is 3.91. The lowest BCUT2D eigenvalue weighted by molar-refractivity contribution is -0.151. The molecule has 2 rings (SSSR count). The third kappa shape index (κ3) is 2.05. The van der Waals surface area contributed by atoms with E-state index in [4.69, 9.17) is 0 Å². The summed E-state index contributed by atoms with van der Waals surface area (Å²) in [5, 5.41) is 0. The second-order valence-electron chi connectivity index (χ2n) is 4.98. The van der Waals surface area contributed by atoms with Gasteiger partial charge in [-0.1, -0.05) is 43.3 Å². The fraction of sp³-hybridized carbons (Fsp3) is 0.312. The zero-order chi connectivity index (χ0) is 15.6. The van der Waals surface area contributed by atoms with Gasteiger partial charge in [0.25, 0.3) is 11.8 Å². The molecule has 0 radical (unpaired) electrons. The number of urea groups is 1. The molecule has 4 amide bonds. The number of imide groups is 2. The largest absolute Gasteiger partial charge is 0.333 e. The summed E-state index contributed by atoms with van der Waals surface area (Å²) in [6, 6.07) is 8.26. The zero-order valence-corrected chi connectivity index (χ0v) is 12.2. The summed E-state index contributed by atoms with van der Waals surface area (Å²) in [5.41, 5.74) is -0.733. The molecule has 1 aromatic rings. The van der Waals surface area contributed by atoms with Gasteiger partial charge in [-0.3, -0.25) is 19.4 Å². The molecule has 0 N–H and O–H groups in total. The van der Waals surface area contributed by atoms with Gasteiger partial charge in [0, 0.05) is 13.6 Å². The topological polar surface area (TPSA) is 57.7 Å². The van der Waals surface area contributed by atoms with E-state index in [0.29, 0.717) is 12.0 Å². The van der Waals surface area contributed by atoms with Gasteiger partial charge in [-0.15, -0.1) is 6.58 Å². The highest BCUT2D eigenvalue weighted by Crippen LogP contribution is 2.36. The highest BCUT2D eigenvalue weighted by Gasteiger charge is 2.55. The van der Waals surface area contributed by atoms with E-state index in [-0.39, 0.29) is 6.54 Å². The lowest BCUT2D eigenvalue weighted by Crippen LogP contribution is -2.66. The monoisotopic (exact) mass is 286 g/mol. The molecule has 1 saturated heterocycles. The van der Waals surface area contributed by atoms with Gasteiger partial charge < -0.3 is 0 Å². The van der Waals surface area contributed by atoms with E-state index in [0.717, 1.165) is 9.80 Å². The Labute approximate surface area is 123 Å². The Morgan fingerprint density at radius 3 is 2.29 bits per heavy atom. The van der Waals surface area contributed by atoms with Gasteiger partial charge >= 0.3 is 6.03 Å². The van der Waals surface area contributed by atoms with Crippen LogP contribution in [0, 0.1) is 0 Å². The van der Waals surface area contributed by atoms with Crippen LogP contribution in [-0.2, 0) is 15.0 Å². The molecule has 1 atom stereocenters. The predicted octanol–water partition coefficient (Wildman–Crippen LogP) is 1.94. The van der Waals surface area contributed by atoms with E-state index in [1.807, 2.05) is 6.07 Å². The molecule has 1 heterocycles. The first-order valence-electron chi connectivity index (χ1n) is 6.81. The summed E-state index contributed by atoms with van der Waals surface area (Å²) >= 11 is 0. The van der Waals surface area contributed by atoms with Crippen LogP contribution in [0.3, 0.4) is 0 Å². The Hall–Kier alpha value is -2.43. The number of carbonyl (C=O) groups is 3. The van der Waals surface area contributed by atoms with Crippen molar-refractivity contribution in [2.45, 2.75) is 18.8 Å². The highest BCUT2D eigenvalue weighted by molar-refractivity contribution is 6.22. The maximum atomic E-state index is 12.8. The lowest BCUT2D eigenvalue weighted by atomic mass is 9.74. The number of amides is 4. The van der Waals surface area contributed by atoms with Gasteiger partial charge in [-0.05, 0) is 12.0 Å². The fourth-order valence-electron chi connectivity index (χ4n) is 2.73. The summed E-state index contributed by atoms with van der Waals surface area (Å²) in [5.74, 6) is -0.962. The van der Waals surface area contributed by atoms with Crippen LogP contribution < -0.4 is 0 Å². The minimum Gasteiger partial charge on any atom is -0.273 e. The Balaban J connectivity index is 2.62. The predicted molar refractivity (Wildman–Crippen MR) is 78.5 cm³/mol. The molecule has 1 aliphatic rings. The fourth-order valence-corrected chi connectivity index (χ4v) is 2.73. The van der Waals surface area contributed by atoms with Crippen molar-refractivity contribution in [3.05, 3.63) is 48.6 Å². The number of carbonyl (C=O) groups excluding carboxylic acids is 3. The highest BCUT2D eigenvalue weighted by atomic mass is 16.2. The number of hydrogen-bond donors (Lipinski definition) is 0. The quantitative estimate of drug-likeness (QED) is 0.628. The van der Waals surface area contributed by atoms with E-state index < -0.39 is 23.3 Å².